The largest absolute Gasteiger partial charge is 0.311 e. The summed E-state index contributed by atoms with van der Waals surface area (Å²) in [7, 11) is 0. The number of halogens is 1. The van der Waals surface area contributed by atoms with Gasteiger partial charge >= 0.3 is 0 Å². The molecule has 0 fully saturated rings. The lowest BCUT2D eigenvalue weighted by atomic mass is 10.2. The van der Waals surface area contributed by atoms with Crippen molar-refractivity contribution < 1.29 is 0 Å². The summed E-state index contributed by atoms with van der Waals surface area (Å²) in [5.41, 5.74) is 2.19. The van der Waals surface area contributed by atoms with E-state index in [-0.39, 0.29) is 5.56 Å². The number of alkyl halides is 1. The van der Waals surface area contributed by atoms with Crippen LogP contribution in [0.25, 0.3) is 0 Å². The number of rotatable bonds is 3. The Labute approximate surface area is 103 Å². The summed E-state index contributed by atoms with van der Waals surface area (Å²) in [4.78, 5) is 11.7. The van der Waals surface area contributed by atoms with Gasteiger partial charge in [-0.15, -0.1) is 0 Å². The zero-order valence-corrected chi connectivity index (χ0v) is 10.4. The smallest absolute Gasteiger partial charge is 0.251 e. The average molecular weight is 278 g/mol. The molecule has 0 N–H and O–H groups in total. The van der Waals surface area contributed by atoms with E-state index >= 15 is 0 Å². The third-order valence-corrected chi connectivity index (χ3v) is 3.06. The lowest BCUT2D eigenvalue weighted by Crippen LogP contribution is -2.19. The quantitative estimate of drug-likeness (QED) is 0.791. The average Bonchev–Trinajstić information content (AvgIpc) is 2.33. The van der Waals surface area contributed by atoms with E-state index in [4.69, 9.17) is 0 Å². The van der Waals surface area contributed by atoms with Crippen LogP contribution in [0.15, 0.2) is 53.5 Å². The van der Waals surface area contributed by atoms with Crippen LogP contribution in [0.4, 0.5) is 0 Å². The molecule has 0 atom stereocenters. The van der Waals surface area contributed by atoms with E-state index < -0.39 is 0 Å². The molecule has 0 spiro atoms. The van der Waals surface area contributed by atoms with E-state index in [1.165, 1.54) is 0 Å². The molecule has 1 aromatic heterocycles. The molecule has 16 heavy (non-hydrogen) atoms. The Hall–Kier alpha value is -1.35. The fourth-order valence-corrected chi connectivity index (χ4v) is 1.89. The Morgan fingerprint density at radius 3 is 2.44 bits per heavy atom. The van der Waals surface area contributed by atoms with Gasteiger partial charge in [-0.2, -0.15) is 0 Å². The number of benzene rings is 1. The van der Waals surface area contributed by atoms with Crippen LogP contribution in [0.3, 0.4) is 0 Å². The molecule has 3 heteroatoms. The summed E-state index contributed by atoms with van der Waals surface area (Å²) in [6.07, 6.45) is 1.84. The lowest BCUT2D eigenvalue weighted by Gasteiger charge is -2.06. The first-order valence-electron chi connectivity index (χ1n) is 5.09. The van der Waals surface area contributed by atoms with Crippen LogP contribution in [0, 0.1) is 0 Å². The molecule has 0 saturated heterocycles. The Morgan fingerprint density at radius 2 is 1.81 bits per heavy atom. The van der Waals surface area contributed by atoms with E-state index in [2.05, 4.69) is 15.9 Å². The number of pyridine rings is 1. The summed E-state index contributed by atoms with van der Waals surface area (Å²) >= 11 is 3.33. The monoisotopic (exact) mass is 277 g/mol. The van der Waals surface area contributed by atoms with E-state index in [0.29, 0.717) is 11.9 Å². The number of hydrogen-bond donors (Lipinski definition) is 0. The Kier molecular flexibility index (Phi) is 3.57. The zero-order chi connectivity index (χ0) is 11.4. The maximum atomic E-state index is 11.7. The van der Waals surface area contributed by atoms with E-state index in [1.54, 1.807) is 10.6 Å². The van der Waals surface area contributed by atoms with Gasteiger partial charge in [0.2, 0.25) is 0 Å². The Morgan fingerprint density at radius 1 is 1.06 bits per heavy atom. The minimum Gasteiger partial charge on any atom is -0.311 e. The van der Waals surface area contributed by atoms with Crippen molar-refractivity contribution in [3.8, 4) is 0 Å². The van der Waals surface area contributed by atoms with Gasteiger partial charge in [0, 0.05) is 17.6 Å². The van der Waals surface area contributed by atoms with Gasteiger partial charge in [-0.3, -0.25) is 4.79 Å². The first kappa shape index (κ1) is 11.1. The molecular formula is C13H12BrNO. The van der Waals surface area contributed by atoms with Gasteiger partial charge in [0.05, 0.1) is 6.54 Å². The van der Waals surface area contributed by atoms with Crippen molar-refractivity contribution in [1.82, 2.24) is 4.57 Å². The van der Waals surface area contributed by atoms with Crippen molar-refractivity contribution in [2.24, 2.45) is 0 Å². The molecule has 0 bridgehead atoms. The molecule has 0 aliphatic carbocycles. The number of aromatic nitrogens is 1. The van der Waals surface area contributed by atoms with Crippen LogP contribution in [-0.2, 0) is 11.9 Å². The van der Waals surface area contributed by atoms with Gasteiger partial charge in [0.15, 0.2) is 0 Å². The topological polar surface area (TPSA) is 22.0 Å². The molecule has 2 rings (SSSR count). The predicted molar refractivity (Wildman–Crippen MR) is 68.9 cm³/mol. The molecule has 0 aliphatic heterocycles. The molecular weight excluding hydrogens is 266 g/mol. The summed E-state index contributed by atoms with van der Waals surface area (Å²) in [6, 6.07) is 13.6. The molecule has 0 radical (unpaired) electrons. The van der Waals surface area contributed by atoms with Gasteiger partial charge in [-0.05, 0) is 17.2 Å². The van der Waals surface area contributed by atoms with Crippen LogP contribution < -0.4 is 5.56 Å². The van der Waals surface area contributed by atoms with E-state index in [1.807, 2.05) is 42.6 Å². The summed E-state index contributed by atoms with van der Waals surface area (Å²) in [6.45, 7) is 0.627. The maximum absolute atomic E-state index is 11.7. The highest BCUT2D eigenvalue weighted by Gasteiger charge is 1.98. The third kappa shape index (κ3) is 2.61. The molecule has 0 aliphatic rings. The number of hydrogen-bond acceptors (Lipinski definition) is 1. The fourth-order valence-electron chi connectivity index (χ4n) is 1.54. The molecule has 1 heterocycles. The second-order valence-electron chi connectivity index (χ2n) is 3.62. The van der Waals surface area contributed by atoms with Gasteiger partial charge in [0.25, 0.3) is 5.56 Å². The second-order valence-corrected chi connectivity index (χ2v) is 4.18. The van der Waals surface area contributed by atoms with Crippen LogP contribution in [0.5, 0.6) is 0 Å². The van der Waals surface area contributed by atoms with E-state index in [9.17, 15) is 4.79 Å². The number of nitrogens with zero attached hydrogens (tertiary/aromatic N) is 1. The molecule has 1 aromatic carbocycles. The molecule has 0 amide bonds. The van der Waals surface area contributed by atoms with Crippen LogP contribution >= 0.6 is 15.9 Å². The SMILES string of the molecule is O=c1cc(CBr)ccn1Cc1ccccc1. The van der Waals surface area contributed by atoms with Crippen LogP contribution in [0.2, 0.25) is 0 Å². The molecule has 2 nitrogen and oxygen atoms in total. The first-order valence-corrected chi connectivity index (χ1v) is 6.21. The van der Waals surface area contributed by atoms with Crippen molar-refractivity contribution in [2.45, 2.75) is 11.9 Å². The van der Waals surface area contributed by atoms with Gasteiger partial charge in [-0.25, -0.2) is 0 Å². The minimum absolute atomic E-state index is 0.0424. The van der Waals surface area contributed by atoms with Crippen molar-refractivity contribution in [2.75, 3.05) is 0 Å². The van der Waals surface area contributed by atoms with Crippen molar-refractivity contribution in [3.63, 3.8) is 0 Å². The van der Waals surface area contributed by atoms with Gasteiger partial charge < -0.3 is 4.57 Å². The van der Waals surface area contributed by atoms with Gasteiger partial charge in [-0.1, -0.05) is 46.3 Å². The highest BCUT2D eigenvalue weighted by molar-refractivity contribution is 9.08. The maximum Gasteiger partial charge on any atom is 0.251 e. The highest BCUT2D eigenvalue weighted by atomic mass is 79.9. The lowest BCUT2D eigenvalue weighted by molar-refractivity contribution is 0.757. The Bertz CT molecular complexity index is 519. The molecule has 2 aromatic rings. The summed E-state index contributed by atoms with van der Waals surface area (Å²) in [5, 5.41) is 0.717. The first-order chi connectivity index (χ1) is 7.79. The Balaban J connectivity index is 2.26. The van der Waals surface area contributed by atoms with Crippen molar-refractivity contribution >= 4 is 15.9 Å². The molecule has 82 valence electrons. The minimum atomic E-state index is 0.0424. The molecule has 0 saturated carbocycles. The predicted octanol–water partition coefficient (Wildman–Crippen LogP) is 2.79. The van der Waals surface area contributed by atoms with E-state index in [0.717, 1.165) is 11.1 Å². The summed E-state index contributed by atoms with van der Waals surface area (Å²) < 4.78 is 1.71. The zero-order valence-electron chi connectivity index (χ0n) is 8.77. The normalized spacial score (nSPS) is 10.3. The molecule has 0 unspecified atom stereocenters. The third-order valence-electron chi connectivity index (χ3n) is 2.41. The summed E-state index contributed by atoms with van der Waals surface area (Å²) in [5.74, 6) is 0. The second kappa shape index (κ2) is 5.12. The fraction of sp³-hybridized carbons (Fsp3) is 0.154. The van der Waals surface area contributed by atoms with Crippen LogP contribution in [0.1, 0.15) is 11.1 Å². The van der Waals surface area contributed by atoms with Crippen molar-refractivity contribution in [3.05, 3.63) is 70.1 Å². The van der Waals surface area contributed by atoms with Crippen LogP contribution in [-0.4, -0.2) is 4.57 Å². The van der Waals surface area contributed by atoms with Gasteiger partial charge in [0.1, 0.15) is 0 Å². The highest BCUT2D eigenvalue weighted by Crippen LogP contribution is 2.03. The standard InChI is InChI=1S/C13H12BrNO/c14-9-12-6-7-15(13(16)8-12)10-11-4-2-1-3-5-11/h1-8H,9-10H2. The van der Waals surface area contributed by atoms with Crippen molar-refractivity contribution in [1.29, 1.82) is 0 Å².